The van der Waals surface area contributed by atoms with Crippen LogP contribution in [0.5, 0.6) is 5.75 Å². The molecule has 1 fully saturated rings. The van der Waals surface area contributed by atoms with Crippen molar-refractivity contribution < 1.29 is 9.53 Å². The smallest absolute Gasteiger partial charge is 0.241 e. The lowest BCUT2D eigenvalue weighted by Gasteiger charge is -2.20. The first kappa shape index (κ1) is 15.2. The van der Waals surface area contributed by atoms with Gasteiger partial charge in [-0.15, -0.1) is 0 Å². The van der Waals surface area contributed by atoms with Gasteiger partial charge in [0, 0.05) is 24.8 Å². The molecular formula is C15H21BrN2O2. The summed E-state index contributed by atoms with van der Waals surface area (Å²) in [6.07, 6.45) is 4.72. The number of carbonyl (C=O) groups is 1. The van der Waals surface area contributed by atoms with E-state index >= 15 is 0 Å². The minimum absolute atomic E-state index is 0.175. The van der Waals surface area contributed by atoms with Crippen molar-refractivity contribution in [1.29, 1.82) is 0 Å². The molecule has 1 amide bonds. The molecule has 1 aromatic carbocycles. The molecule has 1 saturated heterocycles. The number of hydrogen-bond acceptors (Lipinski definition) is 3. The summed E-state index contributed by atoms with van der Waals surface area (Å²) in [5.41, 5.74) is 0.897. The first-order valence-electron chi connectivity index (χ1n) is 7.06. The number of halogens is 1. The lowest BCUT2D eigenvalue weighted by atomic mass is 10.2. The van der Waals surface area contributed by atoms with Gasteiger partial charge in [0.05, 0.1) is 18.1 Å². The average Bonchev–Trinajstić information content (AvgIpc) is 2.75. The van der Waals surface area contributed by atoms with Gasteiger partial charge < -0.3 is 15.0 Å². The van der Waals surface area contributed by atoms with Crippen LogP contribution in [0.15, 0.2) is 22.7 Å². The van der Waals surface area contributed by atoms with Crippen molar-refractivity contribution in [2.45, 2.75) is 25.7 Å². The summed E-state index contributed by atoms with van der Waals surface area (Å²) in [5, 5.41) is 3.17. The normalized spacial score (nSPS) is 15.6. The number of hydrogen-bond donors (Lipinski definition) is 1. The van der Waals surface area contributed by atoms with E-state index in [4.69, 9.17) is 4.74 Å². The summed E-state index contributed by atoms with van der Waals surface area (Å²) in [5.74, 6) is 0.936. The Hall–Kier alpha value is -1.23. The number of anilines is 1. The third-order valence-electron chi connectivity index (χ3n) is 3.55. The minimum atomic E-state index is 0.175. The Balaban J connectivity index is 1.89. The number of rotatable bonds is 4. The molecule has 0 aliphatic carbocycles. The predicted octanol–water partition coefficient (Wildman–Crippen LogP) is 3.27. The van der Waals surface area contributed by atoms with Gasteiger partial charge in [-0.2, -0.15) is 0 Å². The molecule has 0 aromatic heterocycles. The second kappa shape index (κ2) is 7.53. The predicted molar refractivity (Wildman–Crippen MR) is 84.2 cm³/mol. The van der Waals surface area contributed by atoms with E-state index in [1.165, 1.54) is 12.8 Å². The number of methoxy groups -OCH3 is 1. The number of ether oxygens (including phenoxy) is 1. The van der Waals surface area contributed by atoms with E-state index in [0.29, 0.717) is 6.54 Å². The van der Waals surface area contributed by atoms with Gasteiger partial charge in [0.15, 0.2) is 0 Å². The summed E-state index contributed by atoms with van der Waals surface area (Å²) >= 11 is 3.41. The molecule has 0 radical (unpaired) electrons. The quantitative estimate of drug-likeness (QED) is 0.914. The molecule has 1 aliphatic heterocycles. The Morgan fingerprint density at radius 3 is 2.65 bits per heavy atom. The van der Waals surface area contributed by atoms with E-state index in [9.17, 15) is 4.79 Å². The van der Waals surface area contributed by atoms with Gasteiger partial charge in [-0.05, 0) is 40.9 Å². The second-order valence-corrected chi connectivity index (χ2v) is 5.85. The topological polar surface area (TPSA) is 41.6 Å². The first-order valence-corrected chi connectivity index (χ1v) is 7.85. The number of benzene rings is 1. The molecule has 0 bridgehead atoms. The third-order valence-corrected chi connectivity index (χ3v) is 4.21. The van der Waals surface area contributed by atoms with Crippen molar-refractivity contribution in [1.82, 2.24) is 4.90 Å². The number of amides is 1. The largest absolute Gasteiger partial charge is 0.495 e. The Bertz CT molecular complexity index is 457. The highest BCUT2D eigenvalue weighted by molar-refractivity contribution is 9.10. The molecule has 0 spiro atoms. The lowest BCUT2D eigenvalue weighted by molar-refractivity contribution is -0.129. The standard InChI is InChI=1S/C15H21BrN2O2/c1-20-14-10-12(6-7-13(14)16)17-11-15(19)18-8-4-2-3-5-9-18/h6-7,10,17H,2-5,8-9,11H2,1H3. The van der Waals surface area contributed by atoms with Crippen LogP contribution in [0.2, 0.25) is 0 Å². The summed E-state index contributed by atoms with van der Waals surface area (Å²) in [7, 11) is 1.63. The fourth-order valence-corrected chi connectivity index (χ4v) is 2.79. The van der Waals surface area contributed by atoms with Crippen molar-refractivity contribution in [2.75, 3.05) is 32.1 Å². The Labute approximate surface area is 128 Å². The Morgan fingerprint density at radius 2 is 2.00 bits per heavy atom. The van der Waals surface area contributed by atoms with E-state index in [-0.39, 0.29) is 5.91 Å². The van der Waals surface area contributed by atoms with Crippen molar-refractivity contribution in [3.63, 3.8) is 0 Å². The number of carbonyl (C=O) groups excluding carboxylic acids is 1. The molecule has 1 aromatic rings. The first-order chi connectivity index (χ1) is 9.70. The summed E-state index contributed by atoms with van der Waals surface area (Å²) in [6, 6.07) is 5.74. The van der Waals surface area contributed by atoms with Gasteiger partial charge in [-0.3, -0.25) is 4.79 Å². The van der Waals surface area contributed by atoms with Crippen LogP contribution in [0.3, 0.4) is 0 Å². The van der Waals surface area contributed by atoms with Crippen molar-refractivity contribution >= 4 is 27.5 Å². The highest BCUT2D eigenvalue weighted by Gasteiger charge is 2.15. The van der Waals surface area contributed by atoms with Crippen LogP contribution in [0.25, 0.3) is 0 Å². The average molecular weight is 341 g/mol. The molecule has 0 unspecified atom stereocenters. The van der Waals surface area contributed by atoms with Gasteiger partial charge >= 0.3 is 0 Å². The van der Waals surface area contributed by atoms with Gasteiger partial charge in [-0.25, -0.2) is 0 Å². The maximum atomic E-state index is 12.2. The van der Waals surface area contributed by atoms with Gasteiger partial charge in [0.25, 0.3) is 0 Å². The van der Waals surface area contributed by atoms with Gasteiger partial charge in [-0.1, -0.05) is 12.8 Å². The molecule has 20 heavy (non-hydrogen) atoms. The highest BCUT2D eigenvalue weighted by Crippen LogP contribution is 2.27. The van der Waals surface area contributed by atoms with Crippen LogP contribution in [0.1, 0.15) is 25.7 Å². The molecule has 0 saturated carbocycles. The summed E-state index contributed by atoms with van der Waals surface area (Å²) in [4.78, 5) is 14.1. The maximum absolute atomic E-state index is 12.2. The fraction of sp³-hybridized carbons (Fsp3) is 0.533. The van der Waals surface area contributed by atoms with E-state index < -0.39 is 0 Å². The van der Waals surface area contributed by atoms with Gasteiger partial charge in [0.2, 0.25) is 5.91 Å². The molecule has 1 aliphatic rings. The van der Waals surface area contributed by atoms with Crippen LogP contribution in [0.4, 0.5) is 5.69 Å². The molecule has 4 nitrogen and oxygen atoms in total. The molecule has 1 N–H and O–H groups in total. The number of likely N-dealkylation sites (tertiary alicyclic amines) is 1. The highest BCUT2D eigenvalue weighted by atomic mass is 79.9. The van der Waals surface area contributed by atoms with Gasteiger partial charge in [0.1, 0.15) is 5.75 Å². The molecular weight excluding hydrogens is 320 g/mol. The van der Waals surface area contributed by atoms with Crippen molar-refractivity contribution in [2.24, 2.45) is 0 Å². The lowest BCUT2D eigenvalue weighted by Crippen LogP contribution is -2.36. The van der Waals surface area contributed by atoms with Crippen molar-refractivity contribution in [3.8, 4) is 5.75 Å². The van der Waals surface area contributed by atoms with Crippen LogP contribution in [-0.2, 0) is 4.79 Å². The van der Waals surface area contributed by atoms with E-state index in [2.05, 4.69) is 21.2 Å². The zero-order chi connectivity index (χ0) is 14.4. The monoisotopic (exact) mass is 340 g/mol. The zero-order valence-corrected chi connectivity index (χ0v) is 13.4. The Kier molecular flexibility index (Phi) is 5.71. The summed E-state index contributed by atoms with van der Waals surface area (Å²) < 4.78 is 6.15. The number of nitrogens with one attached hydrogen (secondary N) is 1. The zero-order valence-electron chi connectivity index (χ0n) is 11.8. The second-order valence-electron chi connectivity index (χ2n) is 5.00. The van der Waals surface area contributed by atoms with Crippen molar-refractivity contribution in [3.05, 3.63) is 22.7 Å². The third kappa shape index (κ3) is 4.13. The van der Waals surface area contributed by atoms with E-state index in [1.54, 1.807) is 7.11 Å². The summed E-state index contributed by atoms with van der Waals surface area (Å²) in [6.45, 7) is 2.12. The van der Waals surface area contributed by atoms with Crippen LogP contribution in [-0.4, -0.2) is 37.6 Å². The minimum Gasteiger partial charge on any atom is -0.495 e. The molecule has 5 heteroatoms. The maximum Gasteiger partial charge on any atom is 0.241 e. The van der Waals surface area contributed by atoms with E-state index in [0.717, 1.165) is 41.8 Å². The Morgan fingerprint density at radius 1 is 1.30 bits per heavy atom. The number of nitrogens with zero attached hydrogens (tertiary/aromatic N) is 1. The van der Waals surface area contributed by atoms with Crippen LogP contribution in [0, 0.1) is 0 Å². The van der Waals surface area contributed by atoms with Crippen LogP contribution >= 0.6 is 15.9 Å². The molecule has 1 heterocycles. The molecule has 0 atom stereocenters. The molecule has 2 rings (SSSR count). The molecule has 110 valence electrons. The van der Waals surface area contributed by atoms with E-state index in [1.807, 2.05) is 23.1 Å². The fourth-order valence-electron chi connectivity index (χ4n) is 2.38. The SMILES string of the molecule is COc1cc(NCC(=O)N2CCCCCC2)ccc1Br. The van der Waals surface area contributed by atoms with Crippen LogP contribution < -0.4 is 10.1 Å².